The maximum Gasteiger partial charge on any atom is 0.314 e. The van der Waals surface area contributed by atoms with E-state index in [0.29, 0.717) is 10.9 Å². The van der Waals surface area contributed by atoms with Gasteiger partial charge in [0.05, 0.1) is 36.1 Å². The van der Waals surface area contributed by atoms with Crippen LogP contribution in [-0.2, 0) is 0 Å². The van der Waals surface area contributed by atoms with Gasteiger partial charge in [0.15, 0.2) is 17.3 Å². The van der Waals surface area contributed by atoms with Crippen molar-refractivity contribution in [3.63, 3.8) is 0 Å². The van der Waals surface area contributed by atoms with Gasteiger partial charge in [-0.3, -0.25) is 10.1 Å². The molecule has 0 amide bonds. The van der Waals surface area contributed by atoms with Crippen LogP contribution in [0.15, 0.2) is 36.7 Å². The molecule has 0 atom stereocenters. The van der Waals surface area contributed by atoms with Crippen molar-refractivity contribution < 1.29 is 23.5 Å². The Balaban J connectivity index is 2.06. The summed E-state index contributed by atoms with van der Waals surface area (Å²) < 4.78 is 29.3. The fourth-order valence-corrected chi connectivity index (χ4v) is 2.26. The number of hydrogen-bond acceptors (Lipinski definition) is 7. The van der Waals surface area contributed by atoms with Crippen molar-refractivity contribution >= 4 is 16.6 Å². The minimum Gasteiger partial charge on any atom is -0.494 e. The number of nitro benzene ring substituents is 1. The summed E-state index contributed by atoms with van der Waals surface area (Å²) in [5, 5.41) is 11.5. The minimum absolute atomic E-state index is 0.00728. The van der Waals surface area contributed by atoms with Crippen molar-refractivity contribution in [1.82, 2.24) is 9.97 Å². The van der Waals surface area contributed by atoms with Crippen molar-refractivity contribution in [2.24, 2.45) is 0 Å². The third kappa shape index (κ3) is 3.11. The van der Waals surface area contributed by atoms with Gasteiger partial charge in [0, 0.05) is 6.07 Å². The third-order valence-electron chi connectivity index (χ3n) is 3.43. The van der Waals surface area contributed by atoms with Gasteiger partial charge >= 0.3 is 5.69 Å². The van der Waals surface area contributed by atoms with Crippen LogP contribution in [0.4, 0.5) is 10.1 Å². The number of ether oxygens (including phenoxy) is 3. The summed E-state index contributed by atoms with van der Waals surface area (Å²) in [6.07, 6.45) is 1.21. The second kappa shape index (κ2) is 6.56. The van der Waals surface area contributed by atoms with E-state index in [1.165, 1.54) is 50.9 Å². The molecule has 3 rings (SSSR count). The molecule has 0 radical (unpaired) electrons. The van der Waals surface area contributed by atoms with Crippen LogP contribution >= 0.6 is 0 Å². The molecule has 1 aromatic heterocycles. The second-order valence-electron chi connectivity index (χ2n) is 4.88. The van der Waals surface area contributed by atoms with Crippen molar-refractivity contribution in [2.45, 2.75) is 0 Å². The molecule has 8 nitrogen and oxygen atoms in total. The normalized spacial score (nSPS) is 10.5. The summed E-state index contributed by atoms with van der Waals surface area (Å²) in [7, 11) is 2.67. The van der Waals surface area contributed by atoms with E-state index in [1.807, 2.05) is 0 Å². The summed E-state index contributed by atoms with van der Waals surface area (Å²) in [6, 6.07) is 6.72. The van der Waals surface area contributed by atoms with E-state index in [2.05, 4.69) is 9.97 Å². The second-order valence-corrected chi connectivity index (χ2v) is 4.88. The van der Waals surface area contributed by atoms with Gasteiger partial charge in [-0.25, -0.2) is 14.4 Å². The maximum atomic E-state index is 13.8. The molecule has 0 unspecified atom stereocenters. The van der Waals surface area contributed by atoms with E-state index < -0.39 is 10.7 Å². The highest BCUT2D eigenvalue weighted by molar-refractivity contribution is 5.85. The van der Waals surface area contributed by atoms with Gasteiger partial charge in [-0.05, 0) is 18.2 Å². The van der Waals surface area contributed by atoms with Gasteiger partial charge in [-0.1, -0.05) is 0 Å². The lowest BCUT2D eigenvalue weighted by Gasteiger charge is -2.10. The highest BCUT2D eigenvalue weighted by Crippen LogP contribution is 2.35. The number of benzene rings is 2. The third-order valence-corrected chi connectivity index (χ3v) is 3.43. The number of halogens is 1. The summed E-state index contributed by atoms with van der Waals surface area (Å²) in [5.74, 6) is -0.167. The topological polar surface area (TPSA) is 96.6 Å². The van der Waals surface area contributed by atoms with Gasteiger partial charge in [0.25, 0.3) is 0 Å². The molecular weight excluding hydrogens is 333 g/mol. The molecule has 0 spiro atoms. The number of nitro groups is 1. The molecule has 25 heavy (non-hydrogen) atoms. The molecule has 0 saturated carbocycles. The number of hydrogen-bond donors (Lipinski definition) is 0. The average molecular weight is 345 g/mol. The fraction of sp³-hybridized carbons (Fsp3) is 0.125. The first kappa shape index (κ1) is 16.4. The van der Waals surface area contributed by atoms with Crippen molar-refractivity contribution in [1.29, 1.82) is 0 Å². The molecule has 0 bridgehead atoms. The Kier molecular flexibility index (Phi) is 4.29. The lowest BCUT2D eigenvalue weighted by molar-refractivity contribution is -0.385. The molecular formula is C16H12FN3O5. The Morgan fingerprint density at radius 3 is 2.52 bits per heavy atom. The van der Waals surface area contributed by atoms with Crippen LogP contribution < -0.4 is 14.2 Å². The van der Waals surface area contributed by atoms with Crippen molar-refractivity contribution in [3.8, 4) is 23.1 Å². The highest BCUT2D eigenvalue weighted by atomic mass is 19.1. The monoisotopic (exact) mass is 345 g/mol. The lowest BCUT2D eigenvalue weighted by atomic mass is 10.2. The smallest absolute Gasteiger partial charge is 0.314 e. The molecule has 0 N–H and O–H groups in total. The summed E-state index contributed by atoms with van der Waals surface area (Å²) in [4.78, 5) is 18.5. The van der Waals surface area contributed by atoms with E-state index in [0.717, 1.165) is 0 Å². The van der Waals surface area contributed by atoms with Crippen molar-refractivity contribution in [2.75, 3.05) is 14.2 Å². The molecule has 9 heteroatoms. The number of nitrogens with zero attached hydrogens (tertiary/aromatic N) is 3. The molecule has 3 aromatic rings. The first-order valence-corrected chi connectivity index (χ1v) is 7.02. The average Bonchev–Trinajstić information content (AvgIpc) is 2.61. The lowest BCUT2D eigenvalue weighted by Crippen LogP contribution is -1.97. The Hall–Kier alpha value is -3.49. The van der Waals surface area contributed by atoms with Crippen LogP contribution in [0.5, 0.6) is 23.1 Å². The largest absolute Gasteiger partial charge is 0.494 e. The van der Waals surface area contributed by atoms with E-state index in [1.54, 1.807) is 0 Å². The van der Waals surface area contributed by atoms with E-state index in [4.69, 9.17) is 14.2 Å². The first-order valence-electron chi connectivity index (χ1n) is 7.02. The molecule has 0 fully saturated rings. The Morgan fingerprint density at radius 2 is 1.84 bits per heavy atom. The molecule has 0 aliphatic heterocycles. The van der Waals surface area contributed by atoms with E-state index >= 15 is 0 Å². The van der Waals surface area contributed by atoms with Gasteiger partial charge < -0.3 is 14.2 Å². The predicted molar refractivity (Wildman–Crippen MR) is 85.8 cm³/mol. The molecule has 0 aliphatic rings. The van der Waals surface area contributed by atoms with E-state index in [-0.39, 0.29) is 28.8 Å². The van der Waals surface area contributed by atoms with Gasteiger partial charge in [-0.15, -0.1) is 0 Å². The number of aromatic nitrogens is 2. The van der Waals surface area contributed by atoms with Gasteiger partial charge in [-0.2, -0.15) is 0 Å². The summed E-state index contributed by atoms with van der Waals surface area (Å²) in [6.45, 7) is 0. The van der Waals surface area contributed by atoms with Gasteiger partial charge in [0.2, 0.25) is 5.88 Å². The Morgan fingerprint density at radius 1 is 1.08 bits per heavy atom. The molecule has 0 aliphatic carbocycles. The maximum absolute atomic E-state index is 13.8. The van der Waals surface area contributed by atoms with Crippen LogP contribution in [0, 0.1) is 15.9 Å². The zero-order valence-corrected chi connectivity index (χ0v) is 13.2. The van der Waals surface area contributed by atoms with E-state index in [9.17, 15) is 14.5 Å². The highest BCUT2D eigenvalue weighted by Gasteiger charge is 2.17. The predicted octanol–water partition coefficient (Wildman–Crippen LogP) is 3.49. The molecule has 0 saturated heterocycles. The Bertz CT molecular complexity index is 964. The fourth-order valence-electron chi connectivity index (χ4n) is 2.26. The zero-order chi connectivity index (χ0) is 18.0. The van der Waals surface area contributed by atoms with Crippen LogP contribution in [-0.4, -0.2) is 29.1 Å². The Labute approximate surface area is 140 Å². The number of methoxy groups -OCH3 is 2. The van der Waals surface area contributed by atoms with Crippen molar-refractivity contribution in [3.05, 3.63) is 52.6 Å². The van der Waals surface area contributed by atoms with Crippen LogP contribution in [0.25, 0.3) is 10.9 Å². The van der Waals surface area contributed by atoms with Gasteiger partial charge in [0.1, 0.15) is 12.1 Å². The number of rotatable bonds is 5. The molecule has 128 valence electrons. The zero-order valence-electron chi connectivity index (χ0n) is 13.2. The van der Waals surface area contributed by atoms with Crippen LogP contribution in [0.2, 0.25) is 0 Å². The first-order chi connectivity index (χ1) is 12.0. The SMILES string of the molecule is COc1cc2c(Oc3ccc(OC)c([N+](=O)[O-])c3)ncnc2cc1F. The summed E-state index contributed by atoms with van der Waals surface area (Å²) >= 11 is 0. The summed E-state index contributed by atoms with van der Waals surface area (Å²) in [5.41, 5.74) is 0.0632. The molecule has 2 aromatic carbocycles. The van der Waals surface area contributed by atoms with Crippen LogP contribution in [0.3, 0.4) is 0 Å². The van der Waals surface area contributed by atoms with Crippen LogP contribution in [0.1, 0.15) is 0 Å². The standard InChI is InChI=1S/C16H12FN3O5/c1-23-14-4-3-9(5-13(14)20(21)22)25-16-10-6-15(24-2)11(17)7-12(10)18-8-19-16/h3-8H,1-2H3. The minimum atomic E-state index is -0.581. The molecule has 1 heterocycles. The quantitative estimate of drug-likeness (QED) is 0.516. The number of fused-ring (bicyclic) bond motifs is 1.